The van der Waals surface area contributed by atoms with Gasteiger partial charge >= 0.3 is 5.97 Å². The fourth-order valence-corrected chi connectivity index (χ4v) is 3.25. The Kier molecular flexibility index (Phi) is 4.56. The second kappa shape index (κ2) is 7.05. The first-order valence-corrected chi connectivity index (χ1v) is 8.87. The fraction of sp³-hybridized carbons (Fsp3) is 0.211. The van der Waals surface area contributed by atoms with E-state index in [9.17, 15) is 14.4 Å². The van der Waals surface area contributed by atoms with Crippen LogP contribution < -0.4 is 24.6 Å². The highest BCUT2D eigenvalue weighted by Crippen LogP contribution is 2.35. The fourth-order valence-electron chi connectivity index (χ4n) is 3.08. The van der Waals surface area contributed by atoms with Gasteiger partial charge in [-0.25, -0.2) is 4.79 Å². The maximum absolute atomic E-state index is 12.5. The van der Waals surface area contributed by atoms with Gasteiger partial charge in [0.05, 0.1) is 17.9 Å². The van der Waals surface area contributed by atoms with E-state index in [1.54, 1.807) is 48.3 Å². The average molecular weight is 402 g/mol. The van der Waals surface area contributed by atoms with Crippen molar-refractivity contribution in [3.63, 3.8) is 0 Å². The van der Waals surface area contributed by atoms with Gasteiger partial charge in [0.25, 0.3) is 5.91 Å². The molecule has 8 nitrogen and oxygen atoms in total. The number of nitrogens with one attached hydrogen (secondary N) is 1. The highest BCUT2D eigenvalue weighted by Gasteiger charge is 2.26. The quantitative estimate of drug-likeness (QED) is 0.625. The molecule has 2 heterocycles. The predicted octanol–water partition coefficient (Wildman–Crippen LogP) is 2.06. The number of anilines is 3. The van der Waals surface area contributed by atoms with Crippen LogP contribution in [0.4, 0.5) is 17.1 Å². The van der Waals surface area contributed by atoms with Crippen molar-refractivity contribution >= 4 is 46.4 Å². The van der Waals surface area contributed by atoms with Crippen molar-refractivity contribution in [3.8, 4) is 11.5 Å². The molecular weight excluding hydrogens is 386 g/mol. The second-order valence-electron chi connectivity index (χ2n) is 6.41. The minimum atomic E-state index is -0.450. The van der Waals surface area contributed by atoms with Crippen LogP contribution in [0.2, 0.25) is 5.02 Å². The first-order valence-electron chi connectivity index (χ1n) is 8.49. The molecule has 1 N–H and O–H groups in total. The largest absolute Gasteiger partial charge is 0.482 e. The lowest BCUT2D eigenvalue weighted by atomic mass is 10.2. The average Bonchev–Trinajstić information content (AvgIpc) is 2.65. The molecule has 0 aromatic heterocycles. The van der Waals surface area contributed by atoms with Gasteiger partial charge < -0.3 is 24.6 Å². The van der Waals surface area contributed by atoms with Gasteiger partial charge in [0.15, 0.2) is 12.4 Å². The molecule has 4 rings (SSSR count). The third-order valence-corrected chi connectivity index (χ3v) is 4.70. The lowest BCUT2D eigenvalue weighted by molar-refractivity contribution is -0.133. The summed E-state index contributed by atoms with van der Waals surface area (Å²) in [6, 6.07) is 9.91. The maximum atomic E-state index is 12.5. The van der Waals surface area contributed by atoms with Crippen LogP contribution >= 0.6 is 11.6 Å². The molecule has 144 valence electrons. The lowest BCUT2D eigenvalue weighted by Gasteiger charge is -2.29. The highest BCUT2D eigenvalue weighted by molar-refractivity contribution is 6.31. The first-order chi connectivity index (χ1) is 13.4. The SMILES string of the molecule is CN1C(=O)COc2ccc(NC(=O)CN3CC(=O)Oc4ccc(Cl)cc43)cc21. The Balaban J connectivity index is 1.51. The zero-order valence-electron chi connectivity index (χ0n) is 14.9. The van der Waals surface area contributed by atoms with E-state index in [0.29, 0.717) is 33.6 Å². The number of amides is 2. The molecule has 0 unspecified atom stereocenters. The number of carbonyl (C=O) groups is 3. The van der Waals surface area contributed by atoms with Crippen LogP contribution in [0, 0.1) is 0 Å². The lowest BCUT2D eigenvalue weighted by Crippen LogP contribution is -2.41. The number of likely N-dealkylation sites (N-methyl/N-ethyl adjacent to an activating group) is 1. The van der Waals surface area contributed by atoms with Crippen LogP contribution in [0.3, 0.4) is 0 Å². The molecule has 2 aromatic rings. The van der Waals surface area contributed by atoms with Crippen molar-refractivity contribution in [2.75, 3.05) is 41.9 Å². The summed E-state index contributed by atoms with van der Waals surface area (Å²) in [7, 11) is 1.65. The van der Waals surface area contributed by atoms with Gasteiger partial charge in [-0.1, -0.05) is 11.6 Å². The summed E-state index contributed by atoms with van der Waals surface area (Å²) in [6.45, 7) is -0.136. The molecule has 0 radical (unpaired) electrons. The van der Waals surface area contributed by atoms with Crippen molar-refractivity contribution in [2.45, 2.75) is 0 Å². The van der Waals surface area contributed by atoms with E-state index in [4.69, 9.17) is 21.1 Å². The third-order valence-electron chi connectivity index (χ3n) is 4.47. The molecule has 2 amide bonds. The summed E-state index contributed by atoms with van der Waals surface area (Å²) in [4.78, 5) is 39.2. The van der Waals surface area contributed by atoms with E-state index in [1.807, 2.05) is 0 Å². The summed E-state index contributed by atoms with van der Waals surface area (Å²) in [6.07, 6.45) is 0. The van der Waals surface area contributed by atoms with E-state index >= 15 is 0 Å². The van der Waals surface area contributed by atoms with E-state index in [1.165, 1.54) is 4.90 Å². The number of hydrogen-bond acceptors (Lipinski definition) is 6. The normalized spacial score (nSPS) is 15.4. The number of hydrogen-bond donors (Lipinski definition) is 1. The summed E-state index contributed by atoms with van der Waals surface area (Å²) in [5.74, 6) is -0.0155. The molecule has 0 bridgehead atoms. The Morgan fingerprint density at radius 2 is 1.93 bits per heavy atom. The molecule has 0 fully saturated rings. The Morgan fingerprint density at radius 1 is 1.14 bits per heavy atom. The van der Waals surface area contributed by atoms with E-state index in [-0.39, 0.29) is 31.5 Å². The van der Waals surface area contributed by atoms with Crippen LogP contribution in [0.25, 0.3) is 0 Å². The zero-order valence-corrected chi connectivity index (χ0v) is 15.7. The van der Waals surface area contributed by atoms with Gasteiger partial charge in [0, 0.05) is 17.8 Å². The molecule has 2 aliphatic rings. The van der Waals surface area contributed by atoms with Gasteiger partial charge in [-0.05, 0) is 36.4 Å². The van der Waals surface area contributed by atoms with Crippen LogP contribution in [0.5, 0.6) is 11.5 Å². The van der Waals surface area contributed by atoms with Gasteiger partial charge in [-0.2, -0.15) is 0 Å². The number of nitrogens with zero attached hydrogens (tertiary/aromatic N) is 2. The second-order valence-corrected chi connectivity index (χ2v) is 6.85. The third kappa shape index (κ3) is 3.46. The number of halogens is 1. The van der Waals surface area contributed by atoms with Crippen LogP contribution in [-0.2, 0) is 14.4 Å². The predicted molar refractivity (Wildman–Crippen MR) is 103 cm³/mol. The highest BCUT2D eigenvalue weighted by atomic mass is 35.5. The Hall–Kier alpha value is -3.26. The van der Waals surface area contributed by atoms with Gasteiger partial charge in [-0.15, -0.1) is 0 Å². The zero-order chi connectivity index (χ0) is 19.8. The standard InChI is InChI=1S/C19H16ClN3O5/c1-22-13-7-12(3-5-15(13)27-10-18(22)25)21-17(24)8-23-9-19(26)28-16-4-2-11(20)6-14(16)23/h2-7H,8-10H2,1H3,(H,21,24). The number of fused-ring (bicyclic) bond motifs is 2. The molecule has 2 aromatic carbocycles. The smallest absolute Gasteiger partial charge is 0.331 e. The van der Waals surface area contributed by atoms with Crippen molar-refractivity contribution < 1.29 is 23.9 Å². The van der Waals surface area contributed by atoms with E-state index in [0.717, 1.165) is 0 Å². The van der Waals surface area contributed by atoms with Gasteiger partial charge in [0.1, 0.15) is 12.3 Å². The number of carbonyl (C=O) groups excluding carboxylic acids is 3. The topological polar surface area (TPSA) is 88.2 Å². The monoisotopic (exact) mass is 401 g/mol. The van der Waals surface area contributed by atoms with Crippen molar-refractivity contribution in [2.24, 2.45) is 0 Å². The van der Waals surface area contributed by atoms with Crippen LogP contribution in [0.15, 0.2) is 36.4 Å². The molecule has 2 aliphatic heterocycles. The number of esters is 1. The van der Waals surface area contributed by atoms with Crippen molar-refractivity contribution in [3.05, 3.63) is 41.4 Å². The molecule has 0 spiro atoms. The molecule has 0 saturated carbocycles. The number of rotatable bonds is 3. The minimum absolute atomic E-state index is 0.0117. The minimum Gasteiger partial charge on any atom is -0.482 e. The van der Waals surface area contributed by atoms with Crippen molar-refractivity contribution in [1.29, 1.82) is 0 Å². The van der Waals surface area contributed by atoms with Crippen LogP contribution in [0.1, 0.15) is 0 Å². The van der Waals surface area contributed by atoms with E-state index in [2.05, 4.69) is 5.32 Å². The molecular formula is C19H16ClN3O5. The van der Waals surface area contributed by atoms with Gasteiger partial charge in [-0.3, -0.25) is 9.59 Å². The molecule has 0 saturated heterocycles. The summed E-state index contributed by atoms with van der Waals surface area (Å²) < 4.78 is 10.6. The summed E-state index contributed by atoms with van der Waals surface area (Å²) in [5, 5.41) is 3.25. The number of ether oxygens (including phenoxy) is 2. The molecule has 9 heteroatoms. The molecule has 28 heavy (non-hydrogen) atoms. The summed E-state index contributed by atoms with van der Waals surface area (Å²) in [5.41, 5.74) is 1.67. The maximum Gasteiger partial charge on any atom is 0.331 e. The Labute approximate surface area is 165 Å². The summed E-state index contributed by atoms with van der Waals surface area (Å²) >= 11 is 6.03. The van der Waals surface area contributed by atoms with Gasteiger partial charge in [0.2, 0.25) is 5.91 Å². The first kappa shape index (κ1) is 18.1. The Morgan fingerprint density at radius 3 is 2.75 bits per heavy atom. The molecule has 0 aliphatic carbocycles. The van der Waals surface area contributed by atoms with Crippen LogP contribution in [-0.4, -0.2) is 44.5 Å². The molecule has 0 atom stereocenters. The Bertz CT molecular complexity index is 994. The number of benzene rings is 2. The van der Waals surface area contributed by atoms with E-state index < -0.39 is 5.97 Å². The van der Waals surface area contributed by atoms with Crippen molar-refractivity contribution in [1.82, 2.24) is 0 Å².